The summed E-state index contributed by atoms with van der Waals surface area (Å²) in [4.78, 5) is 14.3. The lowest BCUT2D eigenvalue weighted by atomic mass is 9.80. The molecule has 29 heavy (non-hydrogen) atoms. The summed E-state index contributed by atoms with van der Waals surface area (Å²) in [6.07, 6.45) is 2.75. The maximum Gasteiger partial charge on any atom is 0.277 e. The minimum Gasteiger partial charge on any atom is -0.493 e. The molecule has 1 heterocycles. The lowest BCUT2D eigenvalue weighted by molar-refractivity contribution is -0.123. The number of rotatable bonds is 6. The highest BCUT2D eigenvalue weighted by Crippen LogP contribution is 2.42. The number of amides is 1. The van der Waals surface area contributed by atoms with Gasteiger partial charge in [0.15, 0.2) is 18.1 Å². The highest BCUT2D eigenvalue weighted by atomic mass is 16.5. The van der Waals surface area contributed by atoms with Gasteiger partial charge in [0.2, 0.25) is 0 Å². The third kappa shape index (κ3) is 4.70. The maximum absolute atomic E-state index is 12.0. The molecule has 3 rings (SSSR count). The first-order valence-electron chi connectivity index (χ1n) is 9.77. The smallest absolute Gasteiger partial charge is 0.277 e. The van der Waals surface area contributed by atoms with Crippen LogP contribution in [0.5, 0.6) is 11.5 Å². The molecule has 0 saturated heterocycles. The molecule has 0 bridgehead atoms. The minimum absolute atomic E-state index is 0.136. The van der Waals surface area contributed by atoms with Gasteiger partial charge in [0.25, 0.3) is 5.91 Å². The SMILES string of the molecule is COc1ccccc1OCC(=O)N/N=C\c1ccc2c(c1)C(C)CC(C)(C)N2C. The van der Waals surface area contributed by atoms with E-state index in [1.54, 1.807) is 25.5 Å². The van der Waals surface area contributed by atoms with Crippen molar-refractivity contribution in [2.24, 2.45) is 5.10 Å². The first-order chi connectivity index (χ1) is 13.8. The molecule has 6 nitrogen and oxygen atoms in total. The monoisotopic (exact) mass is 395 g/mol. The molecule has 1 amide bonds. The lowest BCUT2D eigenvalue weighted by Gasteiger charge is -2.45. The van der Waals surface area contributed by atoms with Gasteiger partial charge in [-0.1, -0.05) is 25.1 Å². The summed E-state index contributed by atoms with van der Waals surface area (Å²) in [6, 6.07) is 13.5. The predicted octanol–water partition coefficient (Wildman–Crippen LogP) is 3.95. The fourth-order valence-electron chi connectivity index (χ4n) is 3.77. The van der Waals surface area contributed by atoms with Crippen LogP contribution in [0.25, 0.3) is 0 Å². The number of para-hydroxylation sites is 2. The fourth-order valence-corrected chi connectivity index (χ4v) is 3.77. The molecular formula is C23H29N3O3. The Bertz CT molecular complexity index is 908. The number of benzene rings is 2. The molecule has 0 spiro atoms. The van der Waals surface area contributed by atoms with Crippen LogP contribution in [0.1, 0.15) is 44.2 Å². The number of anilines is 1. The Hall–Kier alpha value is -3.02. The zero-order valence-corrected chi connectivity index (χ0v) is 17.7. The van der Waals surface area contributed by atoms with Crippen LogP contribution in [-0.4, -0.2) is 38.4 Å². The summed E-state index contributed by atoms with van der Waals surface area (Å²) in [6.45, 7) is 6.65. The normalized spacial score (nSPS) is 17.7. The van der Waals surface area contributed by atoms with Crippen LogP contribution in [0.15, 0.2) is 47.6 Å². The second-order valence-corrected chi connectivity index (χ2v) is 8.03. The summed E-state index contributed by atoms with van der Waals surface area (Å²) in [5.41, 5.74) is 6.15. The first-order valence-corrected chi connectivity index (χ1v) is 9.77. The number of methoxy groups -OCH3 is 1. The van der Waals surface area contributed by atoms with E-state index in [-0.39, 0.29) is 18.1 Å². The summed E-state index contributed by atoms with van der Waals surface area (Å²) in [5, 5.41) is 4.07. The largest absolute Gasteiger partial charge is 0.493 e. The van der Waals surface area contributed by atoms with Crippen molar-refractivity contribution in [1.82, 2.24) is 5.43 Å². The van der Waals surface area contributed by atoms with Gasteiger partial charge in [0, 0.05) is 18.3 Å². The van der Waals surface area contributed by atoms with E-state index in [4.69, 9.17) is 9.47 Å². The number of hydrogen-bond donors (Lipinski definition) is 1. The standard InChI is InChI=1S/C23H29N3O3/c1-16-13-23(2,3)26(4)19-11-10-17(12-18(16)19)14-24-25-22(27)15-29-21-9-7-6-8-20(21)28-5/h6-12,14,16H,13,15H2,1-5H3,(H,25,27)/b24-14-. The van der Waals surface area contributed by atoms with Crippen molar-refractivity contribution >= 4 is 17.8 Å². The molecule has 1 aliphatic rings. The van der Waals surface area contributed by atoms with Gasteiger partial charge < -0.3 is 14.4 Å². The molecule has 1 atom stereocenters. The van der Waals surface area contributed by atoms with E-state index in [0.29, 0.717) is 17.4 Å². The molecule has 0 aliphatic carbocycles. The first kappa shape index (κ1) is 20.7. The zero-order chi connectivity index (χ0) is 21.0. The van der Waals surface area contributed by atoms with Crippen molar-refractivity contribution in [3.63, 3.8) is 0 Å². The quantitative estimate of drug-likeness (QED) is 0.594. The molecule has 2 aromatic carbocycles. The summed E-state index contributed by atoms with van der Waals surface area (Å²) >= 11 is 0. The van der Waals surface area contributed by atoms with E-state index >= 15 is 0 Å². The highest BCUT2D eigenvalue weighted by Gasteiger charge is 2.33. The fraction of sp³-hybridized carbons (Fsp3) is 0.391. The number of ether oxygens (including phenoxy) is 2. The summed E-state index contributed by atoms with van der Waals surface area (Å²) in [5.74, 6) is 1.23. The molecule has 1 N–H and O–H groups in total. The van der Waals surface area contributed by atoms with Gasteiger partial charge in [0.05, 0.1) is 13.3 Å². The van der Waals surface area contributed by atoms with E-state index in [9.17, 15) is 4.79 Å². The van der Waals surface area contributed by atoms with Crippen LogP contribution >= 0.6 is 0 Å². The van der Waals surface area contributed by atoms with Crippen molar-refractivity contribution in [2.75, 3.05) is 25.7 Å². The maximum atomic E-state index is 12.0. The van der Waals surface area contributed by atoms with Gasteiger partial charge in [-0.2, -0.15) is 5.10 Å². The van der Waals surface area contributed by atoms with Crippen molar-refractivity contribution in [3.05, 3.63) is 53.6 Å². The number of carbonyl (C=O) groups is 1. The number of hydrazone groups is 1. The predicted molar refractivity (Wildman–Crippen MR) is 116 cm³/mol. The third-order valence-corrected chi connectivity index (χ3v) is 5.49. The topological polar surface area (TPSA) is 63.2 Å². The molecule has 154 valence electrons. The summed E-state index contributed by atoms with van der Waals surface area (Å²) in [7, 11) is 3.70. The zero-order valence-electron chi connectivity index (χ0n) is 17.7. The van der Waals surface area contributed by atoms with Gasteiger partial charge in [-0.3, -0.25) is 4.79 Å². The van der Waals surface area contributed by atoms with Crippen LogP contribution in [0.3, 0.4) is 0 Å². The second kappa shape index (κ2) is 8.55. The van der Waals surface area contributed by atoms with Gasteiger partial charge in [-0.25, -0.2) is 5.43 Å². The Morgan fingerprint density at radius 3 is 2.72 bits per heavy atom. The minimum atomic E-state index is -0.333. The van der Waals surface area contributed by atoms with Crippen LogP contribution in [0.4, 0.5) is 5.69 Å². The van der Waals surface area contributed by atoms with E-state index in [0.717, 1.165) is 12.0 Å². The molecule has 0 fully saturated rings. The van der Waals surface area contributed by atoms with Crippen molar-refractivity contribution in [2.45, 2.75) is 38.6 Å². The number of nitrogens with zero attached hydrogens (tertiary/aromatic N) is 2. The molecule has 0 saturated carbocycles. The lowest BCUT2D eigenvalue weighted by Crippen LogP contribution is -2.45. The van der Waals surface area contributed by atoms with E-state index in [2.05, 4.69) is 55.4 Å². The molecule has 0 radical (unpaired) electrons. The van der Waals surface area contributed by atoms with Crippen LogP contribution < -0.4 is 19.8 Å². The molecule has 1 unspecified atom stereocenters. The number of carbonyl (C=O) groups excluding carboxylic acids is 1. The average molecular weight is 396 g/mol. The van der Waals surface area contributed by atoms with Gasteiger partial charge in [0.1, 0.15) is 0 Å². The number of hydrogen-bond acceptors (Lipinski definition) is 5. The Morgan fingerprint density at radius 2 is 2.00 bits per heavy atom. The van der Waals surface area contributed by atoms with E-state index in [1.165, 1.54) is 11.3 Å². The Kier molecular flexibility index (Phi) is 6.11. The molecule has 0 aromatic heterocycles. The Balaban J connectivity index is 1.59. The molecule has 6 heteroatoms. The Morgan fingerprint density at radius 1 is 1.28 bits per heavy atom. The van der Waals surface area contributed by atoms with Gasteiger partial charge in [-0.15, -0.1) is 0 Å². The van der Waals surface area contributed by atoms with Crippen molar-refractivity contribution < 1.29 is 14.3 Å². The van der Waals surface area contributed by atoms with Crippen molar-refractivity contribution in [1.29, 1.82) is 0 Å². The summed E-state index contributed by atoms with van der Waals surface area (Å²) < 4.78 is 10.7. The van der Waals surface area contributed by atoms with Crippen LogP contribution in [0, 0.1) is 0 Å². The van der Waals surface area contributed by atoms with E-state index < -0.39 is 0 Å². The van der Waals surface area contributed by atoms with Gasteiger partial charge in [-0.05, 0) is 61.6 Å². The van der Waals surface area contributed by atoms with Gasteiger partial charge >= 0.3 is 0 Å². The highest BCUT2D eigenvalue weighted by molar-refractivity contribution is 5.84. The average Bonchev–Trinajstić information content (AvgIpc) is 2.70. The van der Waals surface area contributed by atoms with Crippen LogP contribution in [-0.2, 0) is 4.79 Å². The third-order valence-electron chi connectivity index (χ3n) is 5.49. The number of fused-ring (bicyclic) bond motifs is 1. The molecule has 1 aliphatic heterocycles. The molecular weight excluding hydrogens is 366 g/mol. The van der Waals surface area contributed by atoms with Crippen LogP contribution in [0.2, 0.25) is 0 Å². The molecule has 2 aromatic rings. The van der Waals surface area contributed by atoms with E-state index in [1.807, 2.05) is 18.2 Å². The second-order valence-electron chi connectivity index (χ2n) is 8.03. The number of nitrogens with one attached hydrogen (secondary N) is 1. The van der Waals surface area contributed by atoms with Crippen molar-refractivity contribution in [3.8, 4) is 11.5 Å². The Labute approximate surface area is 172 Å².